The molecule has 0 saturated heterocycles. The van der Waals surface area contributed by atoms with Crippen LogP contribution in [0.1, 0.15) is 20.8 Å². The van der Waals surface area contributed by atoms with Crippen LogP contribution in [0.25, 0.3) is 0 Å². The van der Waals surface area contributed by atoms with Gasteiger partial charge in [0.15, 0.2) is 0 Å². The van der Waals surface area contributed by atoms with Crippen molar-refractivity contribution < 1.29 is 9.53 Å². The van der Waals surface area contributed by atoms with Crippen LogP contribution in [0.2, 0.25) is 0 Å². The molecule has 0 aliphatic heterocycles. The third-order valence-electron chi connectivity index (χ3n) is 2.30. The Labute approximate surface area is 86.4 Å². The second-order valence-corrected chi connectivity index (χ2v) is 3.82. The molecule has 0 saturated carbocycles. The number of likely N-dealkylation sites (N-methyl/N-ethyl adjacent to an activating group) is 1. The maximum atomic E-state index is 11.5. The molecule has 0 radical (unpaired) electrons. The van der Waals surface area contributed by atoms with E-state index in [1.54, 1.807) is 14.2 Å². The van der Waals surface area contributed by atoms with Crippen LogP contribution in [0.3, 0.4) is 0 Å². The summed E-state index contributed by atoms with van der Waals surface area (Å²) in [7, 11) is 3.41. The maximum Gasteiger partial charge on any atom is 0.237 e. The van der Waals surface area contributed by atoms with Gasteiger partial charge in [-0.1, -0.05) is 13.8 Å². The summed E-state index contributed by atoms with van der Waals surface area (Å²) in [5.41, 5.74) is 0. The van der Waals surface area contributed by atoms with E-state index in [0.717, 1.165) is 0 Å². The first-order valence-corrected chi connectivity index (χ1v) is 4.99. The number of amides is 1. The van der Waals surface area contributed by atoms with Gasteiger partial charge in [0, 0.05) is 7.11 Å². The van der Waals surface area contributed by atoms with Crippen LogP contribution in [-0.4, -0.2) is 38.8 Å². The van der Waals surface area contributed by atoms with Gasteiger partial charge in [0.25, 0.3) is 0 Å². The van der Waals surface area contributed by atoms with E-state index in [0.29, 0.717) is 12.5 Å². The molecular weight excluding hydrogens is 180 g/mol. The van der Waals surface area contributed by atoms with Crippen molar-refractivity contribution in [3.63, 3.8) is 0 Å². The van der Waals surface area contributed by atoms with Gasteiger partial charge in [0.05, 0.1) is 18.7 Å². The molecule has 2 unspecified atom stereocenters. The van der Waals surface area contributed by atoms with Crippen LogP contribution in [0.15, 0.2) is 0 Å². The number of methoxy groups -OCH3 is 1. The fourth-order valence-electron chi connectivity index (χ4n) is 1.02. The fourth-order valence-corrected chi connectivity index (χ4v) is 1.02. The smallest absolute Gasteiger partial charge is 0.237 e. The lowest BCUT2D eigenvalue weighted by Gasteiger charge is -2.23. The summed E-state index contributed by atoms with van der Waals surface area (Å²) in [5.74, 6) is 0.395. The van der Waals surface area contributed by atoms with E-state index in [1.807, 2.05) is 6.92 Å². The summed E-state index contributed by atoms with van der Waals surface area (Å²) < 4.78 is 5.04. The lowest BCUT2D eigenvalue weighted by atomic mass is 10.1. The molecule has 0 aliphatic carbocycles. The molecule has 2 N–H and O–H groups in total. The number of hydrogen-bond acceptors (Lipinski definition) is 3. The predicted octanol–water partition coefficient (Wildman–Crippen LogP) is 0.381. The van der Waals surface area contributed by atoms with Gasteiger partial charge in [-0.2, -0.15) is 0 Å². The Morgan fingerprint density at radius 3 is 2.29 bits per heavy atom. The lowest BCUT2D eigenvalue weighted by molar-refractivity contribution is -0.124. The van der Waals surface area contributed by atoms with Crippen molar-refractivity contribution in [2.75, 3.05) is 20.8 Å². The third-order valence-corrected chi connectivity index (χ3v) is 2.30. The standard InChI is InChI=1S/C10H22N2O2/c1-7(2)9(6-14-5)12-10(13)8(3)11-4/h7-9,11H,6H2,1-5H3,(H,12,13). The fraction of sp³-hybridized carbons (Fsp3) is 0.900. The molecule has 0 heterocycles. The molecule has 0 fully saturated rings. The molecule has 2 atom stereocenters. The minimum absolute atomic E-state index is 0.0169. The molecular formula is C10H22N2O2. The third kappa shape index (κ3) is 4.58. The SMILES string of the molecule is CNC(C)C(=O)NC(COC)C(C)C. The summed E-state index contributed by atoms with van der Waals surface area (Å²) >= 11 is 0. The molecule has 0 spiro atoms. The Kier molecular flexibility index (Phi) is 6.49. The number of nitrogens with one attached hydrogen (secondary N) is 2. The number of rotatable bonds is 6. The van der Waals surface area contributed by atoms with Gasteiger partial charge in [-0.25, -0.2) is 0 Å². The zero-order chi connectivity index (χ0) is 11.1. The summed E-state index contributed by atoms with van der Waals surface area (Å²) in [4.78, 5) is 11.5. The van der Waals surface area contributed by atoms with Crippen LogP contribution < -0.4 is 10.6 Å². The first-order valence-electron chi connectivity index (χ1n) is 4.99. The number of carbonyl (C=O) groups excluding carboxylic acids is 1. The minimum Gasteiger partial charge on any atom is -0.383 e. The molecule has 0 rings (SSSR count). The molecule has 4 heteroatoms. The highest BCUT2D eigenvalue weighted by molar-refractivity contribution is 5.81. The Hall–Kier alpha value is -0.610. The van der Waals surface area contributed by atoms with Crippen molar-refractivity contribution in [2.24, 2.45) is 5.92 Å². The monoisotopic (exact) mass is 202 g/mol. The number of carbonyl (C=O) groups is 1. The zero-order valence-corrected chi connectivity index (χ0v) is 9.76. The van der Waals surface area contributed by atoms with E-state index in [9.17, 15) is 4.79 Å². The molecule has 0 aromatic heterocycles. The van der Waals surface area contributed by atoms with Crippen molar-refractivity contribution >= 4 is 5.91 Å². The maximum absolute atomic E-state index is 11.5. The normalized spacial score (nSPS) is 15.3. The van der Waals surface area contributed by atoms with Crippen LogP contribution >= 0.6 is 0 Å². The van der Waals surface area contributed by atoms with E-state index >= 15 is 0 Å². The molecule has 0 aliphatic rings. The lowest BCUT2D eigenvalue weighted by Crippen LogP contribution is -2.48. The van der Waals surface area contributed by atoms with Crippen molar-refractivity contribution in [1.82, 2.24) is 10.6 Å². The summed E-state index contributed by atoms with van der Waals surface area (Å²) in [6.45, 7) is 6.52. The van der Waals surface area contributed by atoms with E-state index in [-0.39, 0.29) is 18.0 Å². The van der Waals surface area contributed by atoms with Crippen LogP contribution in [0, 0.1) is 5.92 Å². The van der Waals surface area contributed by atoms with Gasteiger partial charge < -0.3 is 15.4 Å². The molecule has 0 bridgehead atoms. The van der Waals surface area contributed by atoms with E-state index in [1.165, 1.54) is 0 Å². The largest absolute Gasteiger partial charge is 0.383 e. The summed E-state index contributed by atoms with van der Waals surface area (Å²) in [5, 5.41) is 5.84. The summed E-state index contributed by atoms with van der Waals surface area (Å²) in [6, 6.07) is -0.0728. The average molecular weight is 202 g/mol. The molecule has 84 valence electrons. The van der Waals surface area contributed by atoms with E-state index in [2.05, 4.69) is 24.5 Å². The first kappa shape index (κ1) is 13.4. The Morgan fingerprint density at radius 1 is 1.36 bits per heavy atom. The highest BCUT2D eigenvalue weighted by Gasteiger charge is 2.18. The minimum atomic E-state index is -0.159. The van der Waals surface area contributed by atoms with Crippen molar-refractivity contribution in [1.29, 1.82) is 0 Å². The van der Waals surface area contributed by atoms with Gasteiger partial charge in [0.1, 0.15) is 0 Å². The van der Waals surface area contributed by atoms with Crippen LogP contribution in [0.4, 0.5) is 0 Å². The van der Waals surface area contributed by atoms with Crippen molar-refractivity contribution in [3.8, 4) is 0 Å². The Balaban J connectivity index is 4.08. The van der Waals surface area contributed by atoms with Crippen molar-refractivity contribution in [3.05, 3.63) is 0 Å². The quantitative estimate of drug-likeness (QED) is 0.655. The van der Waals surface area contributed by atoms with Gasteiger partial charge in [-0.3, -0.25) is 4.79 Å². The van der Waals surface area contributed by atoms with E-state index in [4.69, 9.17) is 4.74 Å². The highest BCUT2D eigenvalue weighted by Crippen LogP contribution is 2.02. The summed E-state index contributed by atoms with van der Waals surface area (Å²) in [6.07, 6.45) is 0. The van der Waals surface area contributed by atoms with Crippen LogP contribution in [0.5, 0.6) is 0 Å². The molecule has 4 nitrogen and oxygen atoms in total. The van der Waals surface area contributed by atoms with E-state index < -0.39 is 0 Å². The van der Waals surface area contributed by atoms with Crippen LogP contribution in [-0.2, 0) is 9.53 Å². The van der Waals surface area contributed by atoms with Gasteiger partial charge in [-0.15, -0.1) is 0 Å². The number of hydrogen-bond donors (Lipinski definition) is 2. The van der Waals surface area contributed by atoms with Gasteiger partial charge >= 0.3 is 0 Å². The highest BCUT2D eigenvalue weighted by atomic mass is 16.5. The molecule has 14 heavy (non-hydrogen) atoms. The average Bonchev–Trinajstić information content (AvgIpc) is 2.15. The first-order chi connectivity index (χ1) is 6.52. The zero-order valence-electron chi connectivity index (χ0n) is 9.76. The topological polar surface area (TPSA) is 50.4 Å². The molecule has 0 aromatic carbocycles. The Morgan fingerprint density at radius 2 is 1.93 bits per heavy atom. The van der Waals surface area contributed by atoms with Gasteiger partial charge in [-0.05, 0) is 19.9 Å². The second-order valence-electron chi connectivity index (χ2n) is 3.82. The predicted molar refractivity (Wildman–Crippen MR) is 57.2 cm³/mol. The molecule has 1 amide bonds. The van der Waals surface area contributed by atoms with Crippen molar-refractivity contribution in [2.45, 2.75) is 32.9 Å². The number of ether oxygens (including phenoxy) is 1. The van der Waals surface area contributed by atoms with Gasteiger partial charge in [0.2, 0.25) is 5.91 Å². The second kappa shape index (κ2) is 6.79. The Bertz CT molecular complexity index is 172. The molecule has 0 aromatic rings.